The summed E-state index contributed by atoms with van der Waals surface area (Å²) in [7, 11) is 0. The Morgan fingerprint density at radius 1 is 1.05 bits per heavy atom. The third-order valence-electron chi connectivity index (χ3n) is 3.45. The number of hydrogen-bond acceptors (Lipinski definition) is 4. The molecular weight excluding hydrogens is 282 g/mol. The minimum atomic E-state index is -0.0825. The highest BCUT2D eigenvalue weighted by atomic mass is 32.1. The van der Waals surface area contributed by atoms with Crippen LogP contribution >= 0.6 is 11.3 Å². The molecule has 0 spiro atoms. The lowest BCUT2D eigenvalue weighted by Gasteiger charge is -2.03. The Morgan fingerprint density at radius 2 is 1.81 bits per heavy atom. The van der Waals surface area contributed by atoms with Crippen LogP contribution in [0, 0.1) is 0 Å². The number of nitrogens with two attached hydrogens (primary N) is 1. The van der Waals surface area contributed by atoms with Gasteiger partial charge in [0.1, 0.15) is 10.8 Å². The minimum Gasteiger partial charge on any atom is -0.390 e. The van der Waals surface area contributed by atoms with Crippen LogP contribution in [-0.2, 0) is 0 Å². The highest BCUT2D eigenvalue weighted by Gasteiger charge is 2.15. The first kappa shape index (κ1) is 12.1. The number of H-pyrrole nitrogens is 1. The number of aromatic nitrogens is 2. The number of nitrogens with one attached hydrogen (secondary N) is 1. The molecule has 0 saturated carbocycles. The normalized spacial score (nSPS) is 11.2. The highest BCUT2D eigenvalue weighted by Crippen LogP contribution is 2.30. The van der Waals surface area contributed by atoms with E-state index in [1.54, 1.807) is 0 Å². The van der Waals surface area contributed by atoms with E-state index < -0.39 is 0 Å². The zero-order valence-corrected chi connectivity index (χ0v) is 11.8. The van der Waals surface area contributed by atoms with Gasteiger partial charge < -0.3 is 10.7 Å². The standard InChI is InChI=1S/C16H11N3OS/c17-15-13(14(20)9-5-1-4-8-12(9)21-15)16-18-10-6-2-3-7-11(10)19-16/h1-8H,17H2,(H,18,19). The van der Waals surface area contributed by atoms with Gasteiger partial charge in [0.25, 0.3) is 0 Å². The molecule has 3 N–H and O–H groups in total. The first-order chi connectivity index (χ1) is 10.2. The number of fused-ring (bicyclic) bond motifs is 2. The van der Waals surface area contributed by atoms with Crippen molar-refractivity contribution in [2.45, 2.75) is 0 Å². The molecule has 0 radical (unpaired) electrons. The Balaban J connectivity index is 2.08. The van der Waals surface area contributed by atoms with Gasteiger partial charge in [-0.15, -0.1) is 11.3 Å². The Labute approximate surface area is 123 Å². The average Bonchev–Trinajstić information content (AvgIpc) is 2.90. The van der Waals surface area contributed by atoms with Gasteiger partial charge in [0.05, 0.1) is 16.6 Å². The number of imidazole rings is 1. The lowest BCUT2D eigenvalue weighted by Crippen LogP contribution is -2.08. The van der Waals surface area contributed by atoms with Crippen molar-refractivity contribution in [3.8, 4) is 11.4 Å². The van der Waals surface area contributed by atoms with Gasteiger partial charge in [0.15, 0.2) is 0 Å². The van der Waals surface area contributed by atoms with Crippen LogP contribution in [-0.4, -0.2) is 9.97 Å². The number of anilines is 1. The zero-order chi connectivity index (χ0) is 14.4. The summed E-state index contributed by atoms with van der Waals surface area (Å²) in [5.74, 6) is 0.528. The maximum atomic E-state index is 12.7. The molecule has 2 heterocycles. The van der Waals surface area contributed by atoms with Crippen molar-refractivity contribution in [3.63, 3.8) is 0 Å². The summed E-state index contributed by atoms with van der Waals surface area (Å²) in [6.07, 6.45) is 0. The van der Waals surface area contributed by atoms with Crippen molar-refractivity contribution in [2.24, 2.45) is 0 Å². The molecule has 0 unspecified atom stereocenters. The maximum absolute atomic E-state index is 12.7. The molecule has 4 aromatic rings. The van der Waals surface area contributed by atoms with Crippen LogP contribution in [0.15, 0.2) is 53.3 Å². The molecule has 0 aliphatic heterocycles. The second-order valence-electron chi connectivity index (χ2n) is 4.77. The summed E-state index contributed by atoms with van der Waals surface area (Å²) in [6, 6.07) is 15.2. The summed E-state index contributed by atoms with van der Waals surface area (Å²) >= 11 is 1.41. The van der Waals surface area contributed by atoms with E-state index in [0.717, 1.165) is 15.7 Å². The molecule has 4 rings (SSSR count). The monoisotopic (exact) mass is 293 g/mol. The molecule has 0 aliphatic rings. The largest absolute Gasteiger partial charge is 0.390 e. The van der Waals surface area contributed by atoms with E-state index >= 15 is 0 Å². The smallest absolute Gasteiger partial charge is 0.201 e. The quantitative estimate of drug-likeness (QED) is 0.565. The SMILES string of the molecule is Nc1sc2ccccc2c(=O)c1-c1nc2ccccc2[nH]1. The number of rotatable bonds is 1. The van der Waals surface area contributed by atoms with E-state index in [1.807, 2.05) is 48.5 Å². The van der Waals surface area contributed by atoms with E-state index in [-0.39, 0.29) is 5.43 Å². The Hall–Kier alpha value is -2.66. The molecule has 102 valence electrons. The number of hydrogen-bond donors (Lipinski definition) is 2. The van der Waals surface area contributed by atoms with Gasteiger partial charge in [0.2, 0.25) is 5.43 Å². The van der Waals surface area contributed by atoms with Crippen molar-refractivity contribution in [3.05, 3.63) is 58.8 Å². The summed E-state index contributed by atoms with van der Waals surface area (Å²) in [6.45, 7) is 0. The molecule has 0 amide bonds. The Kier molecular flexibility index (Phi) is 2.55. The van der Waals surface area contributed by atoms with Crippen LogP contribution in [0.5, 0.6) is 0 Å². The molecule has 0 saturated heterocycles. The average molecular weight is 293 g/mol. The van der Waals surface area contributed by atoms with E-state index in [2.05, 4.69) is 9.97 Å². The lowest BCUT2D eigenvalue weighted by atomic mass is 10.2. The van der Waals surface area contributed by atoms with Gasteiger partial charge in [-0.2, -0.15) is 0 Å². The van der Waals surface area contributed by atoms with Gasteiger partial charge >= 0.3 is 0 Å². The third kappa shape index (κ3) is 1.82. The second-order valence-corrected chi connectivity index (χ2v) is 5.85. The summed E-state index contributed by atoms with van der Waals surface area (Å²) < 4.78 is 0.889. The molecule has 2 aromatic heterocycles. The van der Waals surface area contributed by atoms with Crippen molar-refractivity contribution in [1.29, 1.82) is 0 Å². The Morgan fingerprint density at radius 3 is 2.67 bits per heavy atom. The topological polar surface area (TPSA) is 71.8 Å². The summed E-state index contributed by atoms with van der Waals surface area (Å²) in [5.41, 5.74) is 8.19. The van der Waals surface area contributed by atoms with E-state index in [1.165, 1.54) is 11.3 Å². The molecule has 0 bridgehead atoms. The third-order valence-corrected chi connectivity index (χ3v) is 4.45. The fourth-order valence-electron chi connectivity index (χ4n) is 2.45. The molecule has 0 atom stereocenters. The first-order valence-electron chi connectivity index (χ1n) is 6.50. The fourth-order valence-corrected chi connectivity index (χ4v) is 3.40. The van der Waals surface area contributed by atoms with E-state index in [9.17, 15) is 4.79 Å². The molecule has 4 nitrogen and oxygen atoms in total. The van der Waals surface area contributed by atoms with Gasteiger partial charge in [-0.05, 0) is 24.3 Å². The zero-order valence-electron chi connectivity index (χ0n) is 11.0. The molecular formula is C16H11N3OS. The van der Waals surface area contributed by atoms with Crippen LogP contribution in [0.4, 0.5) is 5.00 Å². The van der Waals surface area contributed by atoms with E-state index in [4.69, 9.17) is 5.73 Å². The molecule has 0 fully saturated rings. The van der Waals surface area contributed by atoms with Gasteiger partial charge in [-0.3, -0.25) is 4.79 Å². The predicted molar refractivity (Wildman–Crippen MR) is 87.6 cm³/mol. The molecule has 21 heavy (non-hydrogen) atoms. The molecule has 5 heteroatoms. The van der Waals surface area contributed by atoms with Gasteiger partial charge in [-0.1, -0.05) is 24.3 Å². The second kappa shape index (κ2) is 4.43. The lowest BCUT2D eigenvalue weighted by molar-refractivity contribution is 1.33. The number of benzene rings is 2. The number of nitrogen functional groups attached to an aromatic ring is 1. The summed E-state index contributed by atoms with van der Waals surface area (Å²) in [5, 5.41) is 1.16. The highest BCUT2D eigenvalue weighted by molar-refractivity contribution is 7.22. The number of nitrogens with zero attached hydrogens (tertiary/aromatic N) is 1. The first-order valence-corrected chi connectivity index (χ1v) is 7.32. The van der Waals surface area contributed by atoms with Crippen LogP contribution in [0.2, 0.25) is 0 Å². The molecule has 2 aromatic carbocycles. The van der Waals surface area contributed by atoms with Crippen LogP contribution in [0.25, 0.3) is 32.5 Å². The van der Waals surface area contributed by atoms with Crippen molar-refractivity contribution >= 4 is 37.5 Å². The van der Waals surface area contributed by atoms with Crippen LogP contribution < -0.4 is 11.2 Å². The summed E-state index contributed by atoms with van der Waals surface area (Å²) in [4.78, 5) is 20.3. The minimum absolute atomic E-state index is 0.0825. The van der Waals surface area contributed by atoms with Crippen molar-refractivity contribution < 1.29 is 0 Å². The van der Waals surface area contributed by atoms with Gasteiger partial charge in [0, 0.05) is 10.1 Å². The predicted octanol–water partition coefficient (Wildman–Crippen LogP) is 3.39. The van der Waals surface area contributed by atoms with Crippen LogP contribution in [0.3, 0.4) is 0 Å². The van der Waals surface area contributed by atoms with Crippen molar-refractivity contribution in [1.82, 2.24) is 9.97 Å². The fraction of sp³-hybridized carbons (Fsp3) is 0. The number of aromatic amines is 1. The van der Waals surface area contributed by atoms with Gasteiger partial charge in [-0.25, -0.2) is 4.98 Å². The maximum Gasteiger partial charge on any atom is 0.201 e. The van der Waals surface area contributed by atoms with Crippen LogP contribution in [0.1, 0.15) is 0 Å². The van der Waals surface area contributed by atoms with E-state index in [0.29, 0.717) is 21.8 Å². The van der Waals surface area contributed by atoms with Crippen molar-refractivity contribution in [2.75, 3.05) is 5.73 Å². The molecule has 0 aliphatic carbocycles. The number of para-hydroxylation sites is 2. The Bertz CT molecular complexity index is 999.